The summed E-state index contributed by atoms with van der Waals surface area (Å²) in [6.07, 6.45) is 0. The van der Waals surface area contributed by atoms with Crippen LogP contribution in [-0.2, 0) is 47.5 Å². The maximum absolute atomic E-state index is 14.6. The molecule has 47 heavy (non-hydrogen) atoms. The normalized spacial score (nSPS) is 12.5. The lowest BCUT2D eigenvalue weighted by atomic mass is 9.87. The van der Waals surface area contributed by atoms with Crippen LogP contribution in [0.5, 0.6) is 5.88 Å². The fourth-order valence-corrected chi connectivity index (χ4v) is 8.49. The predicted octanol–water partition coefficient (Wildman–Crippen LogP) is 6.52. The molecule has 0 aliphatic rings. The minimum absolute atomic E-state index is 0.0796. The summed E-state index contributed by atoms with van der Waals surface area (Å²) in [6.45, 7) is 15.0. The van der Waals surface area contributed by atoms with Gasteiger partial charge in [-0.2, -0.15) is 16.8 Å². The molecule has 0 spiro atoms. The molecule has 0 unspecified atom stereocenters. The molecule has 0 fully saturated rings. The lowest BCUT2D eigenvalue weighted by Crippen LogP contribution is -2.38. The van der Waals surface area contributed by atoms with Crippen LogP contribution in [0.4, 0.5) is 5.82 Å². The molecule has 0 N–H and O–H groups in total. The van der Waals surface area contributed by atoms with Gasteiger partial charge in [-0.15, -0.1) is 8.81 Å². The van der Waals surface area contributed by atoms with Crippen LogP contribution in [0.1, 0.15) is 65.2 Å². The van der Waals surface area contributed by atoms with Gasteiger partial charge < -0.3 is 9.47 Å². The highest BCUT2D eigenvalue weighted by molar-refractivity contribution is 8.10. The number of esters is 1. The van der Waals surface area contributed by atoms with Crippen molar-refractivity contribution in [3.63, 3.8) is 0 Å². The maximum atomic E-state index is 14.6. The molecule has 4 rings (SSSR count). The zero-order valence-corrected chi connectivity index (χ0v) is 30.0. The van der Waals surface area contributed by atoms with Crippen molar-refractivity contribution in [3.8, 4) is 17.0 Å². The van der Waals surface area contributed by atoms with E-state index in [-0.39, 0.29) is 51.1 Å². The van der Waals surface area contributed by atoms with E-state index in [1.54, 1.807) is 36.4 Å². The summed E-state index contributed by atoms with van der Waals surface area (Å²) in [6, 6.07) is 19.5. The Bertz CT molecular complexity index is 1860. The Morgan fingerprint density at radius 2 is 1.19 bits per heavy atom. The van der Waals surface area contributed by atoms with Crippen LogP contribution in [0, 0.1) is 6.92 Å². The number of anilines is 1. The van der Waals surface area contributed by atoms with E-state index in [0.717, 1.165) is 16.7 Å². The van der Waals surface area contributed by atoms with Crippen LogP contribution < -0.4 is 8.45 Å². The first-order valence-electron chi connectivity index (χ1n) is 15.2. The van der Waals surface area contributed by atoms with Gasteiger partial charge in [-0.25, -0.2) is 4.68 Å². The topological polar surface area (TPSA) is 125 Å². The molecule has 0 radical (unpaired) electrons. The van der Waals surface area contributed by atoms with Crippen LogP contribution >= 0.6 is 0 Å². The van der Waals surface area contributed by atoms with Crippen molar-refractivity contribution in [2.45, 2.75) is 76.0 Å². The van der Waals surface area contributed by atoms with Gasteiger partial charge in [-0.05, 0) is 58.7 Å². The van der Waals surface area contributed by atoms with Gasteiger partial charge in [-0.1, -0.05) is 95.6 Å². The van der Waals surface area contributed by atoms with Crippen LogP contribution in [0.15, 0.2) is 82.6 Å². The standard InChI is InChI=1S/C35H43N3O7S2/c1-24-10-12-26(13-11-24)31-32(36-37(9)33(31)45-23-22-44-25(2)39)38(46(40,41)29-18-14-27(15-19-29)34(3,4)5)47(42,43)30-20-16-28(17-21-30)35(6,7)8/h10-21H,22-23H2,1-9H3. The van der Waals surface area contributed by atoms with Gasteiger partial charge in [0.1, 0.15) is 13.2 Å². The summed E-state index contributed by atoms with van der Waals surface area (Å²) < 4.78 is 71.2. The first-order valence-corrected chi connectivity index (χ1v) is 18.0. The van der Waals surface area contributed by atoms with Crippen LogP contribution in [0.25, 0.3) is 11.1 Å². The molecule has 0 amide bonds. The lowest BCUT2D eigenvalue weighted by molar-refractivity contribution is -0.141. The summed E-state index contributed by atoms with van der Waals surface area (Å²) in [5.74, 6) is -0.757. The van der Waals surface area contributed by atoms with Crippen LogP contribution in [0.3, 0.4) is 0 Å². The first-order chi connectivity index (χ1) is 21.7. The number of hydrogen-bond donors (Lipinski definition) is 0. The van der Waals surface area contributed by atoms with Gasteiger partial charge in [0.2, 0.25) is 5.88 Å². The highest BCUT2D eigenvalue weighted by Gasteiger charge is 2.42. The zero-order chi connectivity index (χ0) is 34.9. The molecule has 12 heteroatoms. The van der Waals surface area contributed by atoms with Crippen molar-refractivity contribution in [1.29, 1.82) is 0 Å². The molecular formula is C35H43N3O7S2. The predicted molar refractivity (Wildman–Crippen MR) is 183 cm³/mol. The third-order valence-corrected chi connectivity index (χ3v) is 11.7. The summed E-state index contributed by atoms with van der Waals surface area (Å²) >= 11 is 0. The van der Waals surface area contributed by atoms with Gasteiger partial charge in [0.05, 0.1) is 15.4 Å². The van der Waals surface area contributed by atoms with Gasteiger partial charge >= 0.3 is 5.97 Å². The van der Waals surface area contributed by atoms with Crippen molar-refractivity contribution in [3.05, 3.63) is 89.5 Å². The molecule has 0 atom stereocenters. The maximum Gasteiger partial charge on any atom is 0.302 e. The van der Waals surface area contributed by atoms with Crippen molar-refractivity contribution in [2.24, 2.45) is 7.05 Å². The van der Waals surface area contributed by atoms with E-state index < -0.39 is 26.0 Å². The lowest BCUT2D eigenvalue weighted by Gasteiger charge is -2.25. The molecular weight excluding hydrogens is 639 g/mol. The van der Waals surface area contributed by atoms with E-state index in [9.17, 15) is 21.6 Å². The second-order valence-corrected chi connectivity index (χ2v) is 17.2. The third kappa shape index (κ3) is 7.70. The van der Waals surface area contributed by atoms with E-state index in [2.05, 4.69) is 5.10 Å². The number of benzene rings is 3. The number of rotatable bonds is 10. The van der Waals surface area contributed by atoms with E-state index >= 15 is 0 Å². The zero-order valence-electron chi connectivity index (χ0n) is 28.4. The van der Waals surface area contributed by atoms with Crippen LogP contribution in [0.2, 0.25) is 0 Å². The number of carbonyl (C=O) groups is 1. The minimum atomic E-state index is -4.79. The SMILES string of the molecule is CC(=O)OCCOc1c(-c2ccc(C)cc2)c(N(S(=O)(=O)c2ccc(C(C)(C)C)cc2)S(=O)(=O)c2ccc(C(C)(C)C)cc2)nn1C. The number of nitrogens with zero attached hydrogens (tertiary/aromatic N) is 3. The summed E-state index contributed by atoms with van der Waals surface area (Å²) in [5.41, 5.74) is 2.78. The fourth-order valence-electron chi connectivity index (χ4n) is 4.89. The number of hydrogen-bond acceptors (Lipinski definition) is 8. The van der Waals surface area contributed by atoms with Crippen molar-refractivity contribution >= 4 is 31.8 Å². The van der Waals surface area contributed by atoms with Crippen molar-refractivity contribution < 1.29 is 31.1 Å². The Labute approximate surface area is 278 Å². The number of sulfonamides is 2. The molecule has 1 aromatic heterocycles. The van der Waals surface area contributed by atoms with Crippen molar-refractivity contribution in [1.82, 2.24) is 9.78 Å². The molecule has 10 nitrogen and oxygen atoms in total. The van der Waals surface area contributed by atoms with E-state index in [1.807, 2.05) is 60.6 Å². The smallest absolute Gasteiger partial charge is 0.302 e. The highest BCUT2D eigenvalue weighted by Crippen LogP contribution is 2.43. The Hall–Kier alpha value is -4.16. The molecule has 0 bridgehead atoms. The quantitative estimate of drug-likeness (QED) is 0.137. The number of aromatic nitrogens is 2. The Kier molecular flexibility index (Phi) is 9.99. The molecule has 4 aromatic rings. The average Bonchev–Trinajstić information content (AvgIpc) is 3.29. The number of ether oxygens (including phenoxy) is 2. The van der Waals surface area contributed by atoms with E-state index in [4.69, 9.17) is 9.47 Å². The van der Waals surface area contributed by atoms with Crippen molar-refractivity contribution in [2.75, 3.05) is 16.9 Å². The first kappa shape index (κ1) is 35.7. The molecule has 0 saturated heterocycles. The van der Waals surface area contributed by atoms with Gasteiger partial charge in [0.25, 0.3) is 20.0 Å². The number of aryl methyl sites for hydroxylation is 2. The average molecular weight is 682 g/mol. The third-order valence-electron chi connectivity index (χ3n) is 7.59. The molecule has 0 aliphatic carbocycles. The summed E-state index contributed by atoms with van der Waals surface area (Å²) in [5, 5.41) is 4.47. The largest absolute Gasteiger partial charge is 0.474 e. The van der Waals surface area contributed by atoms with E-state index in [1.165, 1.54) is 42.9 Å². The second kappa shape index (κ2) is 13.2. The van der Waals surface area contributed by atoms with Crippen LogP contribution in [-0.4, -0.2) is 45.8 Å². The van der Waals surface area contributed by atoms with Gasteiger partial charge in [-0.3, -0.25) is 4.79 Å². The summed E-state index contributed by atoms with van der Waals surface area (Å²) in [4.78, 5) is 10.9. The summed E-state index contributed by atoms with van der Waals surface area (Å²) in [7, 11) is -8.07. The Morgan fingerprint density at radius 3 is 1.60 bits per heavy atom. The van der Waals surface area contributed by atoms with Gasteiger partial charge in [0.15, 0.2) is 5.82 Å². The Morgan fingerprint density at radius 1 is 0.745 bits per heavy atom. The monoisotopic (exact) mass is 681 g/mol. The Balaban J connectivity index is 2.00. The fraction of sp³-hybridized carbons (Fsp3) is 0.371. The number of carbonyl (C=O) groups excluding carboxylic acids is 1. The van der Waals surface area contributed by atoms with E-state index in [0.29, 0.717) is 9.27 Å². The highest BCUT2D eigenvalue weighted by atomic mass is 32.3. The molecule has 252 valence electrons. The molecule has 1 heterocycles. The van der Waals surface area contributed by atoms with Gasteiger partial charge in [0, 0.05) is 14.0 Å². The molecule has 0 saturated carbocycles. The molecule has 0 aliphatic heterocycles. The molecule has 3 aromatic carbocycles. The second-order valence-electron chi connectivity index (χ2n) is 13.4. The minimum Gasteiger partial charge on any atom is -0.474 e.